The van der Waals surface area contributed by atoms with E-state index >= 15 is 0 Å². The van der Waals surface area contributed by atoms with E-state index in [9.17, 15) is 0 Å². The number of alkyl halides is 1. The zero-order valence-corrected chi connectivity index (χ0v) is 13.5. The lowest BCUT2D eigenvalue weighted by Crippen LogP contribution is -2.34. The predicted molar refractivity (Wildman–Crippen MR) is 85.1 cm³/mol. The third-order valence-electron chi connectivity index (χ3n) is 4.31. The summed E-state index contributed by atoms with van der Waals surface area (Å²) in [6.45, 7) is 2.99. The minimum atomic E-state index is -0.177. The van der Waals surface area contributed by atoms with Gasteiger partial charge >= 0.3 is 0 Å². The van der Waals surface area contributed by atoms with Crippen LogP contribution in [0.15, 0.2) is 11.1 Å². The fourth-order valence-corrected chi connectivity index (χ4v) is 3.57. The van der Waals surface area contributed by atoms with Crippen molar-refractivity contribution in [2.45, 2.75) is 38.1 Å². The first kappa shape index (κ1) is 14.5. The first-order valence-corrected chi connectivity index (χ1v) is 7.84. The average molecular weight is 309 g/mol. The standard InChI is InChI=1S/C16H21ClN2O2/c1-10-14-11(9-12(20-2)15(10)21-3)16(17)19-8-6-4-5-7-13(19)18-14/h9,16H,4-8H2,1-3H3. The van der Waals surface area contributed by atoms with E-state index in [0.29, 0.717) is 5.75 Å². The third-order valence-corrected chi connectivity index (χ3v) is 4.78. The Morgan fingerprint density at radius 2 is 2.05 bits per heavy atom. The molecule has 1 unspecified atom stereocenters. The zero-order valence-electron chi connectivity index (χ0n) is 12.8. The molecule has 1 saturated heterocycles. The molecule has 5 heteroatoms. The summed E-state index contributed by atoms with van der Waals surface area (Å²) in [4.78, 5) is 7.11. The maximum Gasteiger partial charge on any atom is 0.165 e. The van der Waals surface area contributed by atoms with Gasteiger partial charge in [-0.2, -0.15) is 0 Å². The van der Waals surface area contributed by atoms with Gasteiger partial charge in [0.05, 0.1) is 19.9 Å². The maximum atomic E-state index is 6.74. The molecule has 4 nitrogen and oxygen atoms in total. The van der Waals surface area contributed by atoms with E-state index in [1.165, 1.54) is 19.3 Å². The minimum Gasteiger partial charge on any atom is -0.493 e. The van der Waals surface area contributed by atoms with Crippen molar-refractivity contribution in [3.8, 4) is 11.5 Å². The number of fused-ring (bicyclic) bond motifs is 2. The summed E-state index contributed by atoms with van der Waals surface area (Å²) in [7, 11) is 3.31. The van der Waals surface area contributed by atoms with Crippen molar-refractivity contribution in [1.82, 2.24) is 4.90 Å². The van der Waals surface area contributed by atoms with Crippen LogP contribution in [0.4, 0.5) is 5.69 Å². The number of ether oxygens (including phenoxy) is 2. The molecule has 0 spiro atoms. The van der Waals surface area contributed by atoms with Crippen LogP contribution in [0.1, 0.15) is 42.3 Å². The molecule has 0 N–H and O–H groups in total. The van der Waals surface area contributed by atoms with Gasteiger partial charge in [-0.05, 0) is 25.8 Å². The van der Waals surface area contributed by atoms with Crippen LogP contribution in [0.25, 0.3) is 0 Å². The Kier molecular flexibility index (Phi) is 3.98. The Bertz CT molecular complexity index is 586. The van der Waals surface area contributed by atoms with Crippen LogP contribution in [-0.2, 0) is 0 Å². The van der Waals surface area contributed by atoms with Crippen LogP contribution in [-0.4, -0.2) is 31.5 Å². The molecule has 114 valence electrons. The van der Waals surface area contributed by atoms with Crippen LogP contribution in [0.2, 0.25) is 0 Å². The first-order chi connectivity index (χ1) is 10.2. The lowest BCUT2D eigenvalue weighted by Gasteiger charge is -2.35. The number of hydrogen-bond acceptors (Lipinski definition) is 4. The third kappa shape index (κ3) is 2.35. The van der Waals surface area contributed by atoms with E-state index in [4.69, 9.17) is 26.1 Å². The minimum absolute atomic E-state index is 0.177. The van der Waals surface area contributed by atoms with Gasteiger partial charge in [0.1, 0.15) is 11.3 Å². The smallest absolute Gasteiger partial charge is 0.165 e. The second-order valence-corrected chi connectivity index (χ2v) is 5.96. The molecular formula is C16H21ClN2O2. The van der Waals surface area contributed by atoms with Gasteiger partial charge in [0, 0.05) is 24.1 Å². The Hall–Kier alpha value is -1.42. The second-order valence-electron chi connectivity index (χ2n) is 5.54. The van der Waals surface area contributed by atoms with Crippen LogP contribution >= 0.6 is 11.6 Å². The van der Waals surface area contributed by atoms with Crippen molar-refractivity contribution in [2.24, 2.45) is 4.99 Å². The summed E-state index contributed by atoms with van der Waals surface area (Å²) >= 11 is 6.74. The zero-order chi connectivity index (χ0) is 15.0. The molecule has 1 aromatic rings. The van der Waals surface area contributed by atoms with Gasteiger partial charge in [0.15, 0.2) is 11.5 Å². The van der Waals surface area contributed by atoms with Crippen LogP contribution in [0, 0.1) is 6.92 Å². The summed E-state index contributed by atoms with van der Waals surface area (Å²) in [6, 6.07) is 1.96. The first-order valence-electron chi connectivity index (χ1n) is 7.41. The number of rotatable bonds is 2. The van der Waals surface area contributed by atoms with Crippen LogP contribution in [0.5, 0.6) is 11.5 Å². The van der Waals surface area contributed by atoms with Gasteiger partial charge in [-0.25, -0.2) is 4.99 Å². The molecule has 1 fully saturated rings. The fraction of sp³-hybridized carbons (Fsp3) is 0.562. The largest absolute Gasteiger partial charge is 0.493 e. The number of amidine groups is 1. The Morgan fingerprint density at radius 3 is 2.76 bits per heavy atom. The van der Waals surface area contributed by atoms with Gasteiger partial charge in [-0.1, -0.05) is 18.0 Å². The molecule has 1 atom stereocenters. The summed E-state index contributed by atoms with van der Waals surface area (Å²) in [5.74, 6) is 2.56. The summed E-state index contributed by atoms with van der Waals surface area (Å²) in [5.41, 5.74) is 2.77. The molecule has 1 aromatic carbocycles. The average Bonchev–Trinajstić information content (AvgIpc) is 2.73. The highest BCUT2D eigenvalue weighted by molar-refractivity contribution is 6.22. The Morgan fingerprint density at radius 1 is 1.24 bits per heavy atom. The second kappa shape index (κ2) is 5.76. The summed E-state index contributed by atoms with van der Waals surface area (Å²) in [5, 5.41) is 0. The van der Waals surface area contributed by atoms with Gasteiger partial charge in [0.2, 0.25) is 0 Å². The normalized spacial score (nSPS) is 21.0. The Balaban J connectivity index is 2.16. The molecule has 2 aliphatic heterocycles. The number of hydrogen-bond donors (Lipinski definition) is 0. The molecule has 21 heavy (non-hydrogen) atoms. The van der Waals surface area contributed by atoms with E-state index in [1.807, 2.05) is 13.0 Å². The predicted octanol–water partition coefficient (Wildman–Crippen LogP) is 4.17. The fourth-order valence-electron chi connectivity index (χ4n) is 3.20. The molecule has 0 aromatic heterocycles. The molecule has 0 amide bonds. The number of nitrogens with zero attached hydrogens (tertiary/aromatic N) is 2. The summed E-state index contributed by atoms with van der Waals surface area (Å²) in [6.07, 6.45) is 4.59. The van der Waals surface area contributed by atoms with E-state index in [1.54, 1.807) is 14.2 Å². The molecule has 0 radical (unpaired) electrons. The van der Waals surface area contributed by atoms with Gasteiger partial charge in [-0.3, -0.25) is 0 Å². The van der Waals surface area contributed by atoms with E-state index in [-0.39, 0.29) is 5.50 Å². The lowest BCUT2D eigenvalue weighted by atomic mass is 10.0. The van der Waals surface area contributed by atoms with E-state index in [0.717, 1.165) is 41.4 Å². The quantitative estimate of drug-likeness (QED) is 0.607. The van der Waals surface area contributed by atoms with Crippen LogP contribution < -0.4 is 9.47 Å². The van der Waals surface area contributed by atoms with E-state index in [2.05, 4.69) is 4.90 Å². The number of halogens is 1. The molecule has 0 bridgehead atoms. The van der Waals surface area contributed by atoms with Crippen molar-refractivity contribution in [1.29, 1.82) is 0 Å². The number of methoxy groups -OCH3 is 2. The molecule has 0 aliphatic carbocycles. The molecule has 0 saturated carbocycles. The van der Waals surface area contributed by atoms with Crippen molar-refractivity contribution >= 4 is 23.1 Å². The van der Waals surface area contributed by atoms with Crippen molar-refractivity contribution in [2.75, 3.05) is 20.8 Å². The SMILES string of the molecule is COc1cc2c(c(C)c1OC)N=C1CCCCCN1C2Cl. The van der Waals surface area contributed by atoms with Crippen molar-refractivity contribution in [3.63, 3.8) is 0 Å². The van der Waals surface area contributed by atoms with Crippen molar-refractivity contribution in [3.05, 3.63) is 17.2 Å². The van der Waals surface area contributed by atoms with E-state index < -0.39 is 0 Å². The molecule has 2 aliphatic rings. The number of benzene rings is 1. The van der Waals surface area contributed by atoms with Crippen LogP contribution in [0.3, 0.4) is 0 Å². The molecule has 3 rings (SSSR count). The molecular weight excluding hydrogens is 288 g/mol. The highest BCUT2D eigenvalue weighted by Crippen LogP contribution is 2.47. The number of aliphatic imine (C=N–C) groups is 1. The van der Waals surface area contributed by atoms with Gasteiger partial charge < -0.3 is 14.4 Å². The maximum absolute atomic E-state index is 6.74. The van der Waals surface area contributed by atoms with Crippen molar-refractivity contribution < 1.29 is 9.47 Å². The lowest BCUT2D eigenvalue weighted by molar-refractivity contribution is 0.348. The highest BCUT2D eigenvalue weighted by atomic mass is 35.5. The highest BCUT2D eigenvalue weighted by Gasteiger charge is 2.32. The monoisotopic (exact) mass is 308 g/mol. The molecule has 2 heterocycles. The van der Waals surface area contributed by atoms with Gasteiger partial charge in [-0.15, -0.1) is 0 Å². The topological polar surface area (TPSA) is 34.1 Å². The summed E-state index contributed by atoms with van der Waals surface area (Å²) < 4.78 is 10.9. The Labute approximate surface area is 130 Å². The van der Waals surface area contributed by atoms with Gasteiger partial charge in [0.25, 0.3) is 0 Å².